The fourth-order valence-corrected chi connectivity index (χ4v) is 4.66. The molecule has 1 rings (SSSR count). The largest absolute Gasteiger partial charge is 0.398 e. The molecular weight excluding hydrogens is 380 g/mol. The predicted molar refractivity (Wildman–Crippen MR) is 89.0 cm³/mol. The molecular formula is C13H20BrClN2O3S. The van der Waals surface area contributed by atoms with Gasteiger partial charge in [-0.25, -0.2) is 8.42 Å². The van der Waals surface area contributed by atoms with Gasteiger partial charge in [0.1, 0.15) is 0 Å². The zero-order valence-corrected chi connectivity index (χ0v) is 15.4. The van der Waals surface area contributed by atoms with Crippen molar-refractivity contribution in [3.05, 3.63) is 21.6 Å². The molecule has 21 heavy (non-hydrogen) atoms. The maximum absolute atomic E-state index is 12.8. The fraction of sp³-hybridized carbons (Fsp3) is 0.538. The highest BCUT2D eigenvalue weighted by Gasteiger charge is 2.28. The first-order valence-electron chi connectivity index (χ1n) is 6.43. The van der Waals surface area contributed by atoms with Gasteiger partial charge in [-0.05, 0) is 34.0 Å². The monoisotopic (exact) mass is 398 g/mol. The quantitative estimate of drug-likeness (QED) is 0.715. The number of nitrogen functional groups attached to an aromatic ring is 1. The zero-order valence-electron chi connectivity index (χ0n) is 12.3. The molecule has 5 nitrogen and oxygen atoms in total. The summed E-state index contributed by atoms with van der Waals surface area (Å²) in [6.07, 6.45) is 0. The third-order valence-corrected chi connectivity index (χ3v) is 6.02. The minimum atomic E-state index is -3.70. The molecule has 0 saturated heterocycles. The number of hydrogen-bond acceptors (Lipinski definition) is 4. The molecule has 0 fully saturated rings. The Kier molecular flexibility index (Phi) is 6.93. The van der Waals surface area contributed by atoms with Crippen LogP contribution < -0.4 is 5.73 Å². The van der Waals surface area contributed by atoms with E-state index in [1.165, 1.54) is 23.5 Å². The highest BCUT2D eigenvalue weighted by Crippen LogP contribution is 2.33. The third-order valence-electron chi connectivity index (χ3n) is 2.76. The summed E-state index contributed by atoms with van der Waals surface area (Å²) in [6.45, 7) is 4.90. The van der Waals surface area contributed by atoms with E-state index >= 15 is 0 Å². The standard InChI is InChI=1S/C13H20BrClN2O3S/c1-9(2)8-17(4-5-20-3)21(18,19)12-7-10(15)6-11(16)13(12)14/h6-7,9H,4-5,8,16H2,1-3H3. The maximum Gasteiger partial charge on any atom is 0.244 e. The van der Waals surface area contributed by atoms with E-state index in [4.69, 9.17) is 22.1 Å². The number of anilines is 1. The second kappa shape index (κ2) is 7.78. The Balaban J connectivity index is 3.28. The first kappa shape index (κ1) is 18.7. The van der Waals surface area contributed by atoms with Gasteiger partial charge in [0, 0.05) is 30.9 Å². The summed E-state index contributed by atoms with van der Waals surface area (Å²) in [6, 6.07) is 2.91. The van der Waals surface area contributed by atoms with Crippen molar-refractivity contribution < 1.29 is 13.2 Å². The molecule has 120 valence electrons. The normalized spacial score (nSPS) is 12.3. The van der Waals surface area contributed by atoms with Crippen LogP contribution in [-0.4, -0.2) is 39.5 Å². The molecule has 8 heteroatoms. The molecule has 1 aromatic rings. The van der Waals surface area contributed by atoms with Crippen molar-refractivity contribution in [1.82, 2.24) is 4.31 Å². The highest BCUT2D eigenvalue weighted by atomic mass is 79.9. The number of rotatable bonds is 7. The van der Waals surface area contributed by atoms with Crippen LogP contribution in [0.5, 0.6) is 0 Å². The van der Waals surface area contributed by atoms with Gasteiger partial charge < -0.3 is 10.5 Å². The summed E-state index contributed by atoms with van der Waals surface area (Å²) < 4.78 is 32.4. The van der Waals surface area contributed by atoms with Gasteiger partial charge in [-0.1, -0.05) is 25.4 Å². The molecule has 0 atom stereocenters. The van der Waals surface area contributed by atoms with Crippen molar-refractivity contribution in [2.24, 2.45) is 5.92 Å². The average molecular weight is 400 g/mol. The number of ether oxygens (including phenoxy) is 1. The summed E-state index contributed by atoms with van der Waals surface area (Å²) in [5.41, 5.74) is 6.07. The van der Waals surface area contributed by atoms with Crippen LogP contribution in [0, 0.1) is 5.92 Å². The van der Waals surface area contributed by atoms with Crippen LogP contribution in [0.1, 0.15) is 13.8 Å². The molecule has 2 N–H and O–H groups in total. The van der Waals surface area contributed by atoms with E-state index in [1.807, 2.05) is 13.8 Å². The Morgan fingerprint density at radius 1 is 1.43 bits per heavy atom. The van der Waals surface area contributed by atoms with Crippen molar-refractivity contribution in [3.63, 3.8) is 0 Å². The lowest BCUT2D eigenvalue weighted by Crippen LogP contribution is -2.37. The predicted octanol–water partition coefficient (Wildman–Crippen LogP) is 2.98. The number of nitrogens with two attached hydrogens (primary N) is 1. The van der Waals surface area contributed by atoms with Gasteiger partial charge in [0.15, 0.2) is 0 Å². The minimum absolute atomic E-state index is 0.0734. The van der Waals surface area contributed by atoms with Gasteiger partial charge in [-0.15, -0.1) is 0 Å². The Bertz CT molecular complexity index is 593. The molecule has 0 spiro atoms. The second-order valence-electron chi connectivity index (χ2n) is 5.06. The van der Waals surface area contributed by atoms with Crippen LogP contribution in [0.2, 0.25) is 5.02 Å². The highest BCUT2D eigenvalue weighted by molar-refractivity contribution is 9.10. The molecule has 0 aromatic heterocycles. The van der Waals surface area contributed by atoms with E-state index < -0.39 is 10.0 Å². The summed E-state index contributed by atoms with van der Waals surface area (Å²) in [4.78, 5) is 0.0734. The van der Waals surface area contributed by atoms with Crippen LogP contribution in [0.25, 0.3) is 0 Å². The van der Waals surface area contributed by atoms with Gasteiger partial charge >= 0.3 is 0 Å². The molecule has 0 amide bonds. The molecule has 0 aliphatic carbocycles. The topological polar surface area (TPSA) is 72.6 Å². The van der Waals surface area contributed by atoms with Gasteiger partial charge in [-0.2, -0.15) is 4.31 Å². The van der Waals surface area contributed by atoms with E-state index in [2.05, 4.69) is 15.9 Å². The van der Waals surface area contributed by atoms with E-state index in [0.29, 0.717) is 17.6 Å². The first-order valence-corrected chi connectivity index (χ1v) is 9.04. The lowest BCUT2D eigenvalue weighted by Gasteiger charge is -2.24. The number of nitrogens with zero attached hydrogens (tertiary/aromatic N) is 1. The SMILES string of the molecule is COCCN(CC(C)C)S(=O)(=O)c1cc(Cl)cc(N)c1Br. The van der Waals surface area contributed by atoms with Gasteiger partial charge in [0.25, 0.3) is 0 Å². The summed E-state index contributed by atoms with van der Waals surface area (Å²) in [5, 5.41) is 0.283. The summed E-state index contributed by atoms with van der Waals surface area (Å²) in [5.74, 6) is 0.187. The molecule has 0 aliphatic rings. The number of methoxy groups -OCH3 is 1. The minimum Gasteiger partial charge on any atom is -0.398 e. The lowest BCUT2D eigenvalue weighted by atomic mass is 10.2. The van der Waals surface area contributed by atoms with E-state index in [-0.39, 0.29) is 28.1 Å². The number of benzene rings is 1. The van der Waals surface area contributed by atoms with Crippen molar-refractivity contribution in [2.75, 3.05) is 32.5 Å². The van der Waals surface area contributed by atoms with Gasteiger partial charge in [0.05, 0.1) is 16.0 Å². The van der Waals surface area contributed by atoms with Crippen molar-refractivity contribution >= 4 is 43.2 Å². The third kappa shape index (κ3) is 4.82. The van der Waals surface area contributed by atoms with Crippen LogP contribution in [0.3, 0.4) is 0 Å². The molecule has 0 saturated carbocycles. The van der Waals surface area contributed by atoms with Crippen molar-refractivity contribution in [1.29, 1.82) is 0 Å². The Labute approximate surface area is 139 Å². The Morgan fingerprint density at radius 3 is 2.57 bits per heavy atom. The smallest absolute Gasteiger partial charge is 0.244 e. The lowest BCUT2D eigenvalue weighted by molar-refractivity contribution is 0.175. The number of sulfonamides is 1. The van der Waals surface area contributed by atoms with Gasteiger partial charge in [-0.3, -0.25) is 0 Å². The van der Waals surface area contributed by atoms with Gasteiger partial charge in [0.2, 0.25) is 10.0 Å². The van der Waals surface area contributed by atoms with Crippen LogP contribution in [0.15, 0.2) is 21.5 Å². The van der Waals surface area contributed by atoms with Crippen molar-refractivity contribution in [2.45, 2.75) is 18.7 Å². The fourth-order valence-electron chi connectivity index (χ4n) is 1.82. The first-order chi connectivity index (χ1) is 9.70. The molecule has 0 heterocycles. The zero-order chi connectivity index (χ0) is 16.2. The van der Waals surface area contributed by atoms with Crippen LogP contribution in [-0.2, 0) is 14.8 Å². The molecule has 0 aliphatic heterocycles. The molecule has 1 aromatic carbocycles. The van der Waals surface area contributed by atoms with E-state index in [9.17, 15) is 8.42 Å². The Hall–Kier alpha value is -0.340. The second-order valence-corrected chi connectivity index (χ2v) is 8.19. The number of hydrogen-bond donors (Lipinski definition) is 1. The summed E-state index contributed by atoms with van der Waals surface area (Å²) in [7, 11) is -2.17. The van der Waals surface area contributed by atoms with Crippen molar-refractivity contribution in [3.8, 4) is 0 Å². The Morgan fingerprint density at radius 2 is 2.05 bits per heavy atom. The number of halogens is 2. The van der Waals surface area contributed by atoms with Crippen LogP contribution >= 0.6 is 27.5 Å². The molecule has 0 unspecified atom stereocenters. The average Bonchev–Trinajstić information content (AvgIpc) is 2.38. The maximum atomic E-state index is 12.8. The molecule has 0 radical (unpaired) electrons. The van der Waals surface area contributed by atoms with E-state index in [1.54, 1.807) is 0 Å². The van der Waals surface area contributed by atoms with Crippen LogP contribution in [0.4, 0.5) is 5.69 Å². The molecule has 0 bridgehead atoms. The summed E-state index contributed by atoms with van der Waals surface area (Å²) >= 11 is 9.17. The van der Waals surface area contributed by atoms with E-state index in [0.717, 1.165) is 0 Å².